The molecule has 0 aromatic carbocycles. The third-order valence-corrected chi connectivity index (χ3v) is 2.23. The van der Waals surface area contributed by atoms with Crippen molar-refractivity contribution in [1.82, 2.24) is 4.98 Å². The van der Waals surface area contributed by atoms with Gasteiger partial charge in [0.15, 0.2) is 0 Å². The molecule has 0 amide bonds. The summed E-state index contributed by atoms with van der Waals surface area (Å²) in [6.07, 6.45) is -2.72. The van der Waals surface area contributed by atoms with Crippen molar-refractivity contribution in [3.05, 3.63) is 27.7 Å². The molecular weight excluding hydrogens is 260 g/mol. The molecule has 0 saturated carbocycles. The van der Waals surface area contributed by atoms with Gasteiger partial charge in [-0.25, -0.2) is 8.78 Å². The summed E-state index contributed by atoms with van der Waals surface area (Å²) >= 11 is 3.07. The number of rotatable bonds is 3. The van der Waals surface area contributed by atoms with Gasteiger partial charge in [0.05, 0.1) is 18.4 Å². The van der Waals surface area contributed by atoms with Gasteiger partial charge in [-0.1, -0.05) is 15.9 Å². The van der Waals surface area contributed by atoms with Crippen molar-refractivity contribution < 1.29 is 13.5 Å². The maximum Gasteiger partial charge on any atom is 0.267 e. The monoisotopic (exact) mass is 267 g/mol. The van der Waals surface area contributed by atoms with Crippen LogP contribution in [0.5, 0.6) is 5.75 Å². The number of aromatic amines is 1. The average molecular weight is 268 g/mol. The summed E-state index contributed by atoms with van der Waals surface area (Å²) < 4.78 is 29.7. The van der Waals surface area contributed by atoms with Gasteiger partial charge in [-0.3, -0.25) is 4.79 Å². The number of ether oxygens (including phenoxy) is 1. The molecule has 0 unspecified atom stereocenters. The molecule has 6 heteroatoms. The lowest BCUT2D eigenvalue weighted by atomic mass is 10.2. The predicted octanol–water partition coefficient (Wildman–Crippen LogP) is 2.22. The van der Waals surface area contributed by atoms with Crippen LogP contribution < -0.4 is 10.3 Å². The van der Waals surface area contributed by atoms with Crippen LogP contribution in [0, 0.1) is 0 Å². The zero-order valence-electron chi connectivity index (χ0n) is 7.31. The van der Waals surface area contributed by atoms with E-state index >= 15 is 0 Å². The number of nitrogens with one attached hydrogen (secondary N) is 1. The molecule has 0 atom stereocenters. The second kappa shape index (κ2) is 4.54. The Morgan fingerprint density at radius 2 is 2.29 bits per heavy atom. The fraction of sp³-hybridized carbons (Fsp3) is 0.375. The third-order valence-electron chi connectivity index (χ3n) is 1.67. The highest BCUT2D eigenvalue weighted by atomic mass is 79.9. The molecule has 3 nitrogen and oxygen atoms in total. The number of pyridine rings is 1. The molecule has 14 heavy (non-hydrogen) atoms. The van der Waals surface area contributed by atoms with E-state index in [4.69, 9.17) is 4.74 Å². The molecule has 1 heterocycles. The largest absolute Gasteiger partial charge is 0.494 e. The SMILES string of the molecule is COc1c(C(F)F)cc(=O)[nH]c1CBr. The summed E-state index contributed by atoms with van der Waals surface area (Å²) in [5.41, 5.74) is -0.628. The van der Waals surface area contributed by atoms with Crippen molar-refractivity contribution in [2.45, 2.75) is 11.8 Å². The Balaban J connectivity index is 3.39. The van der Waals surface area contributed by atoms with Crippen LogP contribution in [0.2, 0.25) is 0 Å². The van der Waals surface area contributed by atoms with E-state index in [2.05, 4.69) is 20.9 Å². The van der Waals surface area contributed by atoms with Gasteiger partial charge in [0.2, 0.25) is 5.56 Å². The number of hydrogen-bond donors (Lipinski definition) is 1. The summed E-state index contributed by atoms with van der Waals surface area (Å²) in [5.74, 6) is 0.0245. The third kappa shape index (κ3) is 2.12. The van der Waals surface area contributed by atoms with Crippen molar-refractivity contribution in [3.8, 4) is 5.75 Å². The summed E-state index contributed by atoms with van der Waals surface area (Å²) in [5, 5.41) is 0.256. The molecule has 0 radical (unpaired) electrons. The molecule has 0 aliphatic rings. The van der Waals surface area contributed by atoms with Crippen LogP contribution in [0.25, 0.3) is 0 Å². The molecule has 0 fully saturated rings. The zero-order valence-corrected chi connectivity index (χ0v) is 8.90. The molecule has 0 spiro atoms. The van der Waals surface area contributed by atoms with E-state index in [1.807, 2.05) is 0 Å². The quantitative estimate of drug-likeness (QED) is 0.854. The minimum atomic E-state index is -2.72. The number of H-pyrrole nitrogens is 1. The maximum absolute atomic E-state index is 12.5. The van der Waals surface area contributed by atoms with Crippen LogP contribution >= 0.6 is 15.9 Å². The first-order valence-electron chi connectivity index (χ1n) is 3.74. The van der Waals surface area contributed by atoms with E-state index in [1.54, 1.807) is 0 Å². The number of hydrogen-bond acceptors (Lipinski definition) is 2. The van der Waals surface area contributed by atoms with Crippen LogP contribution in [0.4, 0.5) is 8.78 Å². The first-order valence-corrected chi connectivity index (χ1v) is 4.86. The van der Waals surface area contributed by atoms with Gasteiger partial charge in [-0.2, -0.15) is 0 Å². The number of methoxy groups -OCH3 is 1. The Morgan fingerprint density at radius 3 is 2.71 bits per heavy atom. The fourth-order valence-corrected chi connectivity index (χ4v) is 1.51. The molecule has 1 aromatic heterocycles. The van der Waals surface area contributed by atoms with E-state index in [-0.39, 0.29) is 16.6 Å². The normalized spacial score (nSPS) is 10.6. The summed E-state index contributed by atoms with van der Waals surface area (Å²) in [6.45, 7) is 0. The molecule has 1 aromatic rings. The highest BCUT2D eigenvalue weighted by Crippen LogP contribution is 2.30. The second-order valence-corrected chi connectivity index (χ2v) is 3.10. The number of aromatic nitrogens is 1. The van der Waals surface area contributed by atoms with Gasteiger partial charge < -0.3 is 9.72 Å². The molecule has 1 N–H and O–H groups in total. The molecule has 0 aliphatic carbocycles. The van der Waals surface area contributed by atoms with Crippen molar-refractivity contribution in [3.63, 3.8) is 0 Å². The highest BCUT2D eigenvalue weighted by Gasteiger charge is 2.18. The first kappa shape index (κ1) is 11.2. The minimum Gasteiger partial charge on any atom is -0.494 e. The van der Waals surface area contributed by atoms with Crippen molar-refractivity contribution in [1.29, 1.82) is 0 Å². The maximum atomic E-state index is 12.5. The van der Waals surface area contributed by atoms with E-state index in [1.165, 1.54) is 7.11 Å². The zero-order chi connectivity index (χ0) is 10.7. The average Bonchev–Trinajstić information content (AvgIpc) is 2.16. The van der Waals surface area contributed by atoms with E-state index in [0.717, 1.165) is 6.07 Å². The lowest BCUT2D eigenvalue weighted by Crippen LogP contribution is -2.11. The molecule has 0 aliphatic heterocycles. The molecule has 1 rings (SSSR count). The topological polar surface area (TPSA) is 42.1 Å². The standard InChI is InChI=1S/C8H8BrF2NO2/c1-14-7-4(8(10)11)2-6(13)12-5(7)3-9/h2,8H,3H2,1H3,(H,12,13). The predicted molar refractivity (Wildman–Crippen MR) is 51.2 cm³/mol. The Bertz CT molecular complexity index is 378. The van der Waals surface area contributed by atoms with E-state index in [9.17, 15) is 13.6 Å². The lowest BCUT2D eigenvalue weighted by molar-refractivity contribution is 0.146. The first-order chi connectivity index (χ1) is 6.60. The van der Waals surface area contributed by atoms with E-state index in [0.29, 0.717) is 5.69 Å². The lowest BCUT2D eigenvalue weighted by Gasteiger charge is -2.10. The smallest absolute Gasteiger partial charge is 0.267 e. The fourth-order valence-electron chi connectivity index (χ4n) is 1.12. The van der Waals surface area contributed by atoms with Crippen LogP contribution in [0.15, 0.2) is 10.9 Å². The van der Waals surface area contributed by atoms with Crippen molar-refractivity contribution >= 4 is 15.9 Å². The summed E-state index contributed by atoms with van der Waals surface area (Å²) in [7, 11) is 1.28. The molecule has 0 bridgehead atoms. The van der Waals surface area contributed by atoms with Crippen LogP contribution in [-0.4, -0.2) is 12.1 Å². The number of alkyl halides is 3. The minimum absolute atomic E-state index is 0.0245. The van der Waals surface area contributed by atoms with Gasteiger partial charge >= 0.3 is 0 Å². The Kier molecular flexibility index (Phi) is 3.62. The van der Waals surface area contributed by atoms with Gasteiger partial charge in [-0.05, 0) is 0 Å². The van der Waals surface area contributed by atoms with Crippen molar-refractivity contribution in [2.24, 2.45) is 0 Å². The second-order valence-electron chi connectivity index (χ2n) is 2.54. The highest BCUT2D eigenvalue weighted by molar-refractivity contribution is 9.08. The van der Waals surface area contributed by atoms with Gasteiger partial charge in [0, 0.05) is 11.4 Å². The summed E-state index contributed by atoms with van der Waals surface area (Å²) in [4.78, 5) is 13.4. The Labute approximate surface area is 87.2 Å². The molecule has 78 valence electrons. The van der Waals surface area contributed by atoms with Crippen LogP contribution in [0.3, 0.4) is 0 Å². The molecule has 0 saturated heterocycles. The van der Waals surface area contributed by atoms with Gasteiger partial charge in [0.1, 0.15) is 5.75 Å². The van der Waals surface area contributed by atoms with Gasteiger partial charge in [0.25, 0.3) is 6.43 Å². The van der Waals surface area contributed by atoms with Gasteiger partial charge in [-0.15, -0.1) is 0 Å². The summed E-state index contributed by atoms with van der Waals surface area (Å²) in [6, 6.07) is 0.843. The van der Waals surface area contributed by atoms with E-state index < -0.39 is 12.0 Å². The Morgan fingerprint density at radius 1 is 1.64 bits per heavy atom. The van der Waals surface area contributed by atoms with Crippen LogP contribution in [0.1, 0.15) is 17.7 Å². The molecular formula is C8H8BrF2NO2. The number of halogens is 3. The Hall–Kier alpha value is -0.910. The van der Waals surface area contributed by atoms with Crippen LogP contribution in [-0.2, 0) is 5.33 Å². The van der Waals surface area contributed by atoms with Crippen molar-refractivity contribution in [2.75, 3.05) is 7.11 Å².